The van der Waals surface area contributed by atoms with Crippen molar-refractivity contribution >= 4 is 66.3 Å². The van der Waals surface area contributed by atoms with Gasteiger partial charge in [-0.1, -0.05) is 35.8 Å². The van der Waals surface area contributed by atoms with E-state index >= 15 is 0 Å². The number of alkyl halides is 1. The van der Waals surface area contributed by atoms with Crippen LogP contribution in [0.5, 0.6) is 0 Å². The third-order valence-electron chi connectivity index (χ3n) is 5.29. The molecular formula is C20H19Br2ClN4O. The number of aromatic amines is 2. The van der Waals surface area contributed by atoms with Crippen LogP contribution in [-0.4, -0.2) is 26.2 Å². The molecule has 1 aliphatic rings. The molecule has 4 rings (SSSR count). The van der Waals surface area contributed by atoms with E-state index in [4.69, 9.17) is 11.6 Å². The number of halogens is 3. The highest BCUT2D eigenvalue weighted by molar-refractivity contribution is 9.10. The van der Waals surface area contributed by atoms with Crippen molar-refractivity contribution in [3.63, 3.8) is 0 Å². The van der Waals surface area contributed by atoms with Crippen molar-refractivity contribution in [1.29, 1.82) is 0 Å². The van der Waals surface area contributed by atoms with E-state index in [0.29, 0.717) is 11.2 Å². The topological polar surface area (TPSA) is 73.6 Å². The summed E-state index contributed by atoms with van der Waals surface area (Å²) >= 11 is 13.9. The lowest BCUT2D eigenvalue weighted by molar-refractivity contribution is -0.119. The molecule has 0 bridgehead atoms. The van der Waals surface area contributed by atoms with Crippen molar-refractivity contribution < 1.29 is 4.79 Å². The Morgan fingerprint density at radius 1 is 1.25 bits per heavy atom. The van der Waals surface area contributed by atoms with Crippen LogP contribution in [0.25, 0.3) is 17.0 Å². The maximum absolute atomic E-state index is 12.5. The van der Waals surface area contributed by atoms with E-state index in [-0.39, 0.29) is 23.1 Å². The second-order valence-corrected chi connectivity index (χ2v) is 9.72. The molecule has 0 saturated heterocycles. The van der Waals surface area contributed by atoms with Crippen molar-refractivity contribution in [2.24, 2.45) is 0 Å². The molecule has 0 aliphatic carbocycles. The standard InChI is InChI=1S/C20H19Br2ClN4O/c1-20(2)16(23)9-15-12(11-4-3-10(21)7-14(11)25-15)8-17(28)24-6-5-13-18(20)27-19(22)26-13/h3-7,16,25H,8-9H2,1-2H3,(H,24,28)(H,26,27)/b6-5-/t16-/m0/s1. The smallest absolute Gasteiger partial charge is 0.228 e. The summed E-state index contributed by atoms with van der Waals surface area (Å²) in [5.41, 5.74) is 4.26. The molecule has 5 nitrogen and oxygen atoms in total. The molecule has 0 saturated carbocycles. The number of hydrogen-bond donors (Lipinski definition) is 3. The molecule has 8 heteroatoms. The molecule has 0 radical (unpaired) electrons. The Balaban J connectivity index is 1.86. The van der Waals surface area contributed by atoms with Crippen LogP contribution in [0.3, 0.4) is 0 Å². The van der Waals surface area contributed by atoms with Gasteiger partial charge in [0.2, 0.25) is 5.91 Å². The van der Waals surface area contributed by atoms with E-state index in [1.807, 2.05) is 18.2 Å². The van der Waals surface area contributed by atoms with Crippen LogP contribution in [0.2, 0.25) is 0 Å². The highest BCUT2D eigenvalue weighted by atomic mass is 79.9. The van der Waals surface area contributed by atoms with Crippen LogP contribution in [-0.2, 0) is 23.1 Å². The molecule has 1 aliphatic heterocycles. The van der Waals surface area contributed by atoms with Gasteiger partial charge in [-0.2, -0.15) is 0 Å². The number of fused-ring (bicyclic) bond motifs is 4. The van der Waals surface area contributed by atoms with Crippen LogP contribution in [0.1, 0.15) is 36.5 Å². The Morgan fingerprint density at radius 3 is 2.82 bits per heavy atom. The highest BCUT2D eigenvalue weighted by Gasteiger charge is 2.35. The van der Waals surface area contributed by atoms with Crippen LogP contribution >= 0.6 is 43.5 Å². The molecule has 3 aromatic rings. The first kappa shape index (κ1) is 19.7. The van der Waals surface area contributed by atoms with Gasteiger partial charge < -0.3 is 15.3 Å². The molecule has 0 spiro atoms. The Kier molecular flexibility index (Phi) is 5.18. The second kappa shape index (κ2) is 7.35. The molecule has 0 unspecified atom stereocenters. The number of hydrogen-bond acceptors (Lipinski definition) is 2. The summed E-state index contributed by atoms with van der Waals surface area (Å²) in [6, 6.07) is 6.04. The van der Waals surface area contributed by atoms with E-state index in [0.717, 1.165) is 38.0 Å². The zero-order chi connectivity index (χ0) is 20.1. The zero-order valence-electron chi connectivity index (χ0n) is 15.4. The predicted octanol–water partition coefficient (Wildman–Crippen LogP) is 5.19. The van der Waals surface area contributed by atoms with Crippen molar-refractivity contribution in [1.82, 2.24) is 20.3 Å². The van der Waals surface area contributed by atoms with Gasteiger partial charge in [-0.15, -0.1) is 11.6 Å². The number of nitrogens with zero attached hydrogens (tertiary/aromatic N) is 1. The molecule has 1 aromatic carbocycles. The molecule has 146 valence electrons. The fraction of sp³-hybridized carbons (Fsp3) is 0.300. The number of benzene rings is 1. The van der Waals surface area contributed by atoms with E-state index in [9.17, 15) is 4.79 Å². The molecule has 2 aromatic heterocycles. The lowest BCUT2D eigenvalue weighted by Gasteiger charge is -2.30. The third kappa shape index (κ3) is 3.55. The average Bonchev–Trinajstić information content (AvgIpc) is 3.15. The van der Waals surface area contributed by atoms with Crippen molar-refractivity contribution in [3.8, 4) is 0 Å². The van der Waals surface area contributed by atoms with Crippen molar-refractivity contribution in [3.05, 3.63) is 56.3 Å². The summed E-state index contributed by atoms with van der Waals surface area (Å²) in [4.78, 5) is 23.8. The SMILES string of the molecule is CC1(C)c2[nH]c(Br)nc2/C=C\NC(=O)Cc2c([nH]c3cc(Br)ccc23)C[C@@H]1Cl. The summed E-state index contributed by atoms with van der Waals surface area (Å²) < 4.78 is 1.62. The van der Waals surface area contributed by atoms with E-state index < -0.39 is 0 Å². The van der Waals surface area contributed by atoms with Gasteiger partial charge in [0.1, 0.15) is 0 Å². The first-order valence-electron chi connectivity index (χ1n) is 8.90. The molecular weight excluding hydrogens is 508 g/mol. The molecule has 3 N–H and O–H groups in total. The van der Waals surface area contributed by atoms with Gasteiger partial charge in [-0.25, -0.2) is 4.98 Å². The minimum Gasteiger partial charge on any atom is -0.358 e. The lowest BCUT2D eigenvalue weighted by atomic mass is 9.81. The Morgan fingerprint density at radius 2 is 2.04 bits per heavy atom. The van der Waals surface area contributed by atoms with Gasteiger partial charge in [0.25, 0.3) is 0 Å². The van der Waals surface area contributed by atoms with Crippen LogP contribution in [0.4, 0.5) is 0 Å². The van der Waals surface area contributed by atoms with Gasteiger partial charge in [0.15, 0.2) is 4.73 Å². The monoisotopic (exact) mass is 524 g/mol. The van der Waals surface area contributed by atoms with Gasteiger partial charge in [-0.3, -0.25) is 4.79 Å². The van der Waals surface area contributed by atoms with Crippen molar-refractivity contribution in [2.45, 2.75) is 37.5 Å². The van der Waals surface area contributed by atoms with E-state index in [1.165, 1.54) is 0 Å². The van der Waals surface area contributed by atoms with Crippen LogP contribution in [0, 0.1) is 0 Å². The van der Waals surface area contributed by atoms with E-state index in [1.54, 1.807) is 12.3 Å². The maximum atomic E-state index is 12.5. The molecule has 28 heavy (non-hydrogen) atoms. The third-order valence-corrected chi connectivity index (χ3v) is 6.86. The van der Waals surface area contributed by atoms with Crippen LogP contribution < -0.4 is 5.32 Å². The quantitative estimate of drug-likeness (QED) is 0.353. The summed E-state index contributed by atoms with van der Waals surface area (Å²) in [7, 11) is 0. The maximum Gasteiger partial charge on any atom is 0.228 e. The number of carbonyl (C=O) groups is 1. The summed E-state index contributed by atoms with van der Waals surface area (Å²) in [6.07, 6.45) is 4.32. The lowest BCUT2D eigenvalue weighted by Crippen LogP contribution is -2.33. The first-order valence-corrected chi connectivity index (χ1v) is 10.9. The largest absolute Gasteiger partial charge is 0.358 e. The highest BCUT2D eigenvalue weighted by Crippen LogP contribution is 2.37. The number of amides is 1. The minimum absolute atomic E-state index is 0.0802. The van der Waals surface area contributed by atoms with E-state index in [2.05, 4.69) is 66.0 Å². The number of imidazole rings is 1. The van der Waals surface area contributed by atoms with Gasteiger partial charge >= 0.3 is 0 Å². The summed E-state index contributed by atoms with van der Waals surface area (Å²) in [5.74, 6) is -0.0802. The number of carbonyl (C=O) groups excluding carboxylic acids is 1. The molecule has 1 atom stereocenters. The Bertz CT molecular complexity index is 1100. The molecule has 3 heterocycles. The number of H-pyrrole nitrogens is 2. The average molecular weight is 527 g/mol. The number of aromatic nitrogens is 3. The molecule has 1 amide bonds. The van der Waals surface area contributed by atoms with Gasteiger partial charge in [-0.05, 0) is 39.7 Å². The van der Waals surface area contributed by atoms with Crippen molar-refractivity contribution in [2.75, 3.05) is 0 Å². The number of nitrogens with one attached hydrogen (secondary N) is 3. The summed E-state index contributed by atoms with van der Waals surface area (Å²) in [6.45, 7) is 4.20. The summed E-state index contributed by atoms with van der Waals surface area (Å²) in [5, 5.41) is 3.68. The Hall–Kier alpha value is -1.57. The number of rotatable bonds is 0. The second-order valence-electron chi connectivity index (χ2n) is 7.53. The minimum atomic E-state index is -0.376. The fourth-order valence-corrected chi connectivity index (χ4v) is 4.66. The zero-order valence-corrected chi connectivity index (χ0v) is 19.3. The van der Waals surface area contributed by atoms with Gasteiger partial charge in [0.05, 0.1) is 17.8 Å². The van der Waals surface area contributed by atoms with Gasteiger partial charge in [0, 0.05) is 44.5 Å². The Labute approximate surface area is 184 Å². The normalized spacial score (nSPS) is 20.6. The fourth-order valence-electron chi connectivity index (χ4n) is 3.64. The van der Waals surface area contributed by atoms with Crippen LogP contribution in [0.15, 0.2) is 33.6 Å². The first-order chi connectivity index (χ1) is 13.3. The predicted molar refractivity (Wildman–Crippen MR) is 120 cm³/mol. The molecule has 0 fully saturated rings.